The molecule has 1 aliphatic rings. The first-order valence-electron chi connectivity index (χ1n) is 6.21. The summed E-state index contributed by atoms with van der Waals surface area (Å²) in [6, 6.07) is 0. The number of sulfone groups is 1. The van der Waals surface area contributed by atoms with E-state index < -0.39 is 9.84 Å². The molecular formula is C11H21NO5S. The third kappa shape index (κ3) is 4.81. The summed E-state index contributed by atoms with van der Waals surface area (Å²) in [6.07, 6.45) is 1.45. The lowest BCUT2D eigenvalue weighted by atomic mass is 10.0. The highest BCUT2D eigenvalue weighted by Gasteiger charge is 2.34. The van der Waals surface area contributed by atoms with Crippen molar-refractivity contribution in [1.82, 2.24) is 4.90 Å². The van der Waals surface area contributed by atoms with Crippen molar-refractivity contribution >= 4 is 15.9 Å². The monoisotopic (exact) mass is 279 g/mol. The number of rotatable bonds is 7. The van der Waals surface area contributed by atoms with Crippen molar-refractivity contribution in [3.63, 3.8) is 0 Å². The van der Waals surface area contributed by atoms with Gasteiger partial charge in [-0.2, -0.15) is 0 Å². The number of carbonyl (C=O) groups is 1. The van der Waals surface area contributed by atoms with E-state index in [2.05, 4.69) is 0 Å². The van der Waals surface area contributed by atoms with Crippen LogP contribution in [0.4, 0.5) is 4.79 Å². The molecule has 0 aromatic carbocycles. The van der Waals surface area contributed by atoms with E-state index in [-0.39, 0.29) is 30.1 Å². The van der Waals surface area contributed by atoms with Gasteiger partial charge >= 0.3 is 6.09 Å². The fourth-order valence-corrected chi connectivity index (χ4v) is 3.17. The van der Waals surface area contributed by atoms with E-state index in [0.717, 1.165) is 12.8 Å². The minimum Gasteiger partial charge on any atom is -0.449 e. The van der Waals surface area contributed by atoms with Crippen LogP contribution in [0.15, 0.2) is 0 Å². The minimum atomic E-state index is -3.19. The average molecular weight is 279 g/mol. The Morgan fingerprint density at radius 1 is 1.44 bits per heavy atom. The predicted octanol–water partition coefficient (Wildman–Crippen LogP) is 0.262. The zero-order chi connectivity index (χ0) is 13.6. The summed E-state index contributed by atoms with van der Waals surface area (Å²) < 4.78 is 27.9. The van der Waals surface area contributed by atoms with Crippen LogP contribution in [0.5, 0.6) is 0 Å². The molecular weight excluding hydrogens is 258 g/mol. The van der Waals surface area contributed by atoms with Crippen molar-refractivity contribution in [2.75, 3.05) is 37.8 Å². The number of amides is 1. The van der Waals surface area contributed by atoms with Crippen molar-refractivity contribution < 1.29 is 23.1 Å². The molecule has 1 N–H and O–H groups in total. The van der Waals surface area contributed by atoms with Gasteiger partial charge in [0.2, 0.25) is 0 Å². The molecule has 0 unspecified atom stereocenters. The van der Waals surface area contributed by atoms with Gasteiger partial charge in [-0.1, -0.05) is 13.3 Å². The maximum atomic E-state index is 11.5. The molecule has 0 radical (unpaired) electrons. The first-order chi connectivity index (χ1) is 8.48. The van der Waals surface area contributed by atoms with E-state index in [4.69, 9.17) is 9.84 Å². The number of ether oxygens (including phenoxy) is 1. The van der Waals surface area contributed by atoms with Gasteiger partial charge in [-0.3, -0.25) is 0 Å². The molecule has 7 heteroatoms. The second-order valence-electron chi connectivity index (χ2n) is 4.58. The van der Waals surface area contributed by atoms with E-state index in [1.807, 2.05) is 6.92 Å². The lowest BCUT2D eigenvalue weighted by molar-refractivity contribution is 0.0587. The number of unbranched alkanes of at least 4 members (excludes halogenated alkanes) is 1. The Labute approximate surface area is 108 Å². The Balaban J connectivity index is 2.21. The van der Waals surface area contributed by atoms with Crippen LogP contribution in [-0.4, -0.2) is 62.3 Å². The van der Waals surface area contributed by atoms with Gasteiger partial charge in [0.15, 0.2) is 9.84 Å². The molecule has 0 saturated carbocycles. The Kier molecular flexibility index (Phi) is 5.87. The number of aliphatic hydroxyl groups is 1. The maximum Gasteiger partial charge on any atom is 0.409 e. The summed E-state index contributed by atoms with van der Waals surface area (Å²) >= 11 is 0. The van der Waals surface area contributed by atoms with Crippen molar-refractivity contribution in [1.29, 1.82) is 0 Å². The van der Waals surface area contributed by atoms with Crippen LogP contribution in [0, 0.1) is 5.92 Å². The van der Waals surface area contributed by atoms with Gasteiger partial charge < -0.3 is 14.7 Å². The number of carbonyl (C=O) groups excluding carboxylic acids is 1. The second-order valence-corrected chi connectivity index (χ2v) is 6.81. The second kappa shape index (κ2) is 6.94. The molecule has 1 aliphatic heterocycles. The molecule has 1 fully saturated rings. The van der Waals surface area contributed by atoms with Gasteiger partial charge in [0.1, 0.15) is 0 Å². The van der Waals surface area contributed by atoms with E-state index in [1.54, 1.807) is 0 Å². The highest BCUT2D eigenvalue weighted by molar-refractivity contribution is 7.91. The molecule has 1 amide bonds. The maximum absolute atomic E-state index is 11.5. The Morgan fingerprint density at radius 3 is 2.67 bits per heavy atom. The number of aliphatic hydroxyl groups excluding tert-OH is 1. The Hall–Kier alpha value is -0.820. The predicted molar refractivity (Wildman–Crippen MR) is 67.1 cm³/mol. The molecule has 1 saturated heterocycles. The van der Waals surface area contributed by atoms with Crippen molar-refractivity contribution in [3.8, 4) is 0 Å². The van der Waals surface area contributed by atoms with Gasteiger partial charge in [-0.25, -0.2) is 13.2 Å². The third-order valence-corrected chi connectivity index (χ3v) is 4.61. The third-order valence-electron chi connectivity index (χ3n) is 2.83. The van der Waals surface area contributed by atoms with Crippen molar-refractivity contribution in [2.24, 2.45) is 5.92 Å². The van der Waals surface area contributed by atoms with Gasteiger partial charge in [-0.15, -0.1) is 0 Å². The van der Waals surface area contributed by atoms with Gasteiger partial charge in [0.05, 0.1) is 24.7 Å². The molecule has 6 nitrogen and oxygen atoms in total. The van der Waals surface area contributed by atoms with Crippen molar-refractivity contribution in [2.45, 2.75) is 19.8 Å². The summed E-state index contributed by atoms with van der Waals surface area (Å²) in [4.78, 5) is 13.0. The molecule has 0 bridgehead atoms. The normalized spacial score (nSPS) is 16.4. The summed E-state index contributed by atoms with van der Waals surface area (Å²) in [5, 5.41) is 8.60. The van der Waals surface area contributed by atoms with Crippen LogP contribution in [0.25, 0.3) is 0 Å². The number of nitrogens with zero attached hydrogens (tertiary/aromatic N) is 1. The van der Waals surface area contributed by atoms with Gasteiger partial charge in [-0.05, 0) is 6.42 Å². The molecule has 0 aromatic heterocycles. The first-order valence-corrected chi connectivity index (χ1v) is 8.03. The van der Waals surface area contributed by atoms with E-state index in [1.165, 1.54) is 4.90 Å². The first kappa shape index (κ1) is 15.2. The SMILES string of the molecule is CCCCOC(=O)N1CC(CS(=O)(=O)CCO)C1. The summed E-state index contributed by atoms with van der Waals surface area (Å²) in [7, 11) is -3.19. The van der Waals surface area contributed by atoms with Gasteiger partial charge in [0.25, 0.3) is 0 Å². The summed E-state index contributed by atoms with van der Waals surface area (Å²) in [5.74, 6) is -0.197. The van der Waals surface area contributed by atoms with Crippen molar-refractivity contribution in [3.05, 3.63) is 0 Å². The smallest absolute Gasteiger partial charge is 0.409 e. The lowest BCUT2D eigenvalue weighted by Gasteiger charge is -2.38. The molecule has 18 heavy (non-hydrogen) atoms. The van der Waals surface area contributed by atoms with Crippen LogP contribution in [0.3, 0.4) is 0 Å². The molecule has 106 valence electrons. The van der Waals surface area contributed by atoms with E-state index >= 15 is 0 Å². The Morgan fingerprint density at radius 2 is 2.11 bits per heavy atom. The van der Waals surface area contributed by atoms with Crippen LogP contribution in [0.2, 0.25) is 0 Å². The van der Waals surface area contributed by atoms with Gasteiger partial charge in [0, 0.05) is 19.0 Å². The lowest BCUT2D eigenvalue weighted by Crippen LogP contribution is -2.52. The number of likely N-dealkylation sites (tertiary alicyclic amines) is 1. The highest BCUT2D eigenvalue weighted by Crippen LogP contribution is 2.18. The molecule has 0 aliphatic carbocycles. The molecule has 0 spiro atoms. The topological polar surface area (TPSA) is 83.9 Å². The molecule has 0 atom stereocenters. The fourth-order valence-electron chi connectivity index (χ4n) is 1.80. The fraction of sp³-hybridized carbons (Fsp3) is 0.909. The highest BCUT2D eigenvalue weighted by atomic mass is 32.2. The standard InChI is InChI=1S/C11H21NO5S/c1-2-3-5-17-11(14)12-7-10(8-12)9-18(15,16)6-4-13/h10,13H,2-9H2,1H3. The van der Waals surface area contributed by atoms with Crippen LogP contribution < -0.4 is 0 Å². The summed E-state index contributed by atoms with van der Waals surface area (Å²) in [6.45, 7) is 2.93. The molecule has 0 aromatic rings. The quantitative estimate of drug-likeness (QED) is 0.676. The zero-order valence-corrected chi connectivity index (χ0v) is 11.5. The van der Waals surface area contributed by atoms with Crippen LogP contribution in [-0.2, 0) is 14.6 Å². The van der Waals surface area contributed by atoms with E-state index in [0.29, 0.717) is 19.7 Å². The largest absolute Gasteiger partial charge is 0.449 e. The van der Waals surface area contributed by atoms with Crippen LogP contribution in [0.1, 0.15) is 19.8 Å². The summed E-state index contributed by atoms with van der Waals surface area (Å²) in [5.41, 5.74) is 0. The minimum absolute atomic E-state index is 0.0275. The van der Waals surface area contributed by atoms with Crippen LogP contribution >= 0.6 is 0 Å². The average Bonchev–Trinajstić information content (AvgIpc) is 2.23. The molecule has 1 rings (SSSR count). The van der Waals surface area contributed by atoms with E-state index in [9.17, 15) is 13.2 Å². The number of hydrogen-bond donors (Lipinski definition) is 1. The Bertz CT molecular complexity index is 362. The zero-order valence-electron chi connectivity index (χ0n) is 10.7. The number of hydrogen-bond acceptors (Lipinski definition) is 5. The molecule has 1 heterocycles.